The van der Waals surface area contributed by atoms with Crippen LogP contribution in [-0.4, -0.2) is 33.6 Å². The number of sulfone groups is 2. The molecule has 0 atom stereocenters. The standard InChI is InChI=1S/C14H31NO4S2/c1-4-5-6-7-8-9-10-11-12-13-14(15,20(2,16)17)21(3,18)19/h4-13,15H2,1-3H3. The SMILES string of the molecule is CCCCCCCCCCCC(N)(S(C)(=O)=O)S(C)(=O)=O. The van der Waals surface area contributed by atoms with E-state index in [1.807, 2.05) is 0 Å². The molecule has 0 spiro atoms. The molecule has 0 saturated carbocycles. The highest BCUT2D eigenvalue weighted by molar-refractivity contribution is 8.09. The molecule has 2 N–H and O–H groups in total. The van der Waals surface area contributed by atoms with E-state index < -0.39 is 23.9 Å². The molecule has 0 radical (unpaired) electrons. The van der Waals surface area contributed by atoms with Crippen LogP contribution in [0, 0.1) is 0 Å². The number of nitrogens with two attached hydrogens (primary N) is 1. The van der Waals surface area contributed by atoms with Crippen molar-refractivity contribution >= 4 is 19.7 Å². The van der Waals surface area contributed by atoms with Crippen molar-refractivity contribution in [1.29, 1.82) is 0 Å². The van der Waals surface area contributed by atoms with Gasteiger partial charge in [0.2, 0.25) is 4.20 Å². The van der Waals surface area contributed by atoms with E-state index in [9.17, 15) is 16.8 Å². The van der Waals surface area contributed by atoms with Gasteiger partial charge in [0, 0.05) is 12.5 Å². The van der Waals surface area contributed by atoms with Gasteiger partial charge in [-0.2, -0.15) is 0 Å². The first-order valence-corrected chi connectivity index (χ1v) is 11.5. The van der Waals surface area contributed by atoms with E-state index in [1.54, 1.807) is 0 Å². The molecule has 0 aliphatic heterocycles. The zero-order chi connectivity index (χ0) is 16.6. The Morgan fingerprint density at radius 2 is 1.05 bits per heavy atom. The second-order valence-corrected chi connectivity index (χ2v) is 10.7. The van der Waals surface area contributed by atoms with Crippen LogP contribution in [0.3, 0.4) is 0 Å². The third-order valence-corrected chi connectivity index (χ3v) is 8.62. The van der Waals surface area contributed by atoms with Crippen molar-refractivity contribution in [1.82, 2.24) is 0 Å². The maximum Gasteiger partial charge on any atom is 0.220 e. The molecule has 0 rings (SSSR count). The van der Waals surface area contributed by atoms with Crippen LogP contribution < -0.4 is 5.73 Å². The molecule has 21 heavy (non-hydrogen) atoms. The lowest BCUT2D eigenvalue weighted by molar-refractivity contribution is 0.507. The Balaban J connectivity index is 4.09. The summed E-state index contributed by atoms with van der Waals surface area (Å²) in [5, 5.41) is 0. The lowest BCUT2D eigenvalue weighted by Gasteiger charge is -2.25. The predicted molar refractivity (Wildman–Crippen MR) is 88.5 cm³/mol. The number of rotatable bonds is 12. The van der Waals surface area contributed by atoms with Crippen molar-refractivity contribution in [3.8, 4) is 0 Å². The van der Waals surface area contributed by atoms with Crippen LogP contribution in [0.5, 0.6) is 0 Å². The van der Waals surface area contributed by atoms with Gasteiger partial charge in [0.25, 0.3) is 0 Å². The van der Waals surface area contributed by atoms with Crippen LogP contribution in [-0.2, 0) is 19.7 Å². The van der Waals surface area contributed by atoms with Crippen molar-refractivity contribution < 1.29 is 16.8 Å². The molecule has 128 valence electrons. The largest absolute Gasteiger partial charge is 0.300 e. The first-order chi connectivity index (χ1) is 9.56. The normalized spacial score (nSPS) is 13.5. The Morgan fingerprint density at radius 1 is 0.714 bits per heavy atom. The van der Waals surface area contributed by atoms with Gasteiger partial charge in [-0.1, -0.05) is 58.3 Å². The van der Waals surface area contributed by atoms with E-state index in [1.165, 1.54) is 32.1 Å². The monoisotopic (exact) mass is 341 g/mol. The molecule has 0 aromatic rings. The third-order valence-electron chi connectivity index (χ3n) is 3.88. The van der Waals surface area contributed by atoms with E-state index in [0.717, 1.165) is 31.8 Å². The molecule has 0 amide bonds. The maximum atomic E-state index is 11.7. The molecular formula is C14H31NO4S2. The summed E-state index contributed by atoms with van der Waals surface area (Å²) in [6, 6.07) is 0. The Hall–Kier alpha value is -0.140. The molecular weight excluding hydrogens is 310 g/mol. The zero-order valence-electron chi connectivity index (χ0n) is 13.6. The van der Waals surface area contributed by atoms with Crippen LogP contribution in [0.4, 0.5) is 0 Å². The smallest absolute Gasteiger partial charge is 0.220 e. The van der Waals surface area contributed by atoms with Gasteiger partial charge < -0.3 is 0 Å². The molecule has 5 nitrogen and oxygen atoms in total. The summed E-state index contributed by atoms with van der Waals surface area (Å²) in [6.07, 6.45) is 11.4. The van der Waals surface area contributed by atoms with Crippen LogP contribution in [0.1, 0.15) is 71.1 Å². The fourth-order valence-electron chi connectivity index (χ4n) is 2.33. The highest BCUT2D eigenvalue weighted by Gasteiger charge is 2.45. The number of unbranched alkanes of at least 4 members (excludes halogenated alkanes) is 8. The quantitative estimate of drug-likeness (QED) is 0.551. The zero-order valence-corrected chi connectivity index (χ0v) is 15.2. The first-order valence-electron chi connectivity index (χ1n) is 7.74. The summed E-state index contributed by atoms with van der Waals surface area (Å²) in [5.41, 5.74) is 5.67. The molecule has 0 heterocycles. The maximum absolute atomic E-state index is 11.7. The summed E-state index contributed by atoms with van der Waals surface area (Å²) in [7, 11) is -7.68. The van der Waals surface area contributed by atoms with Crippen LogP contribution in [0.25, 0.3) is 0 Å². The van der Waals surface area contributed by atoms with Gasteiger partial charge in [-0.3, -0.25) is 5.73 Å². The molecule has 0 aliphatic carbocycles. The summed E-state index contributed by atoms with van der Waals surface area (Å²) in [6.45, 7) is 2.18. The van der Waals surface area contributed by atoms with Crippen LogP contribution >= 0.6 is 0 Å². The first kappa shape index (κ1) is 20.9. The van der Waals surface area contributed by atoms with E-state index >= 15 is 0 Å². The Kier molecular flexibility index (Phi) is 9.04. The molecule has 0 aromatic carbocycles. The molecule has 0 saturated heterocycles. The minimum absolute atomic E-state index is 0.0273. The Bertz CT molecular complexity index is 451. The number of hydrogen-bond acceptors (Lipinski definition) is 5. The van der Waals surface area contributed by atoms with E-state index in [0.29, 0.717) is 6.42 Å². The van der Waals surface area contributed by atoms with Gasteiger partial charge in [0.15, 0.2) is 19.7 Å². The summed E-state index contributed by atoms with van der Waals surface area (Å²) in [5.74, 6) is 0. The molecule has 0 aromatic heterocycles. The van der Waals surface area contributed by atoms with E-state index in [2.05, 4.69) is 6.92 Å². The van der Waals surface area contributed by atoms with Crippen molar-refractivity contribution in [2.75, 3.05) is 12.5 Å². The highest BCUT2D eigenvalue weighted by Crippen LogP contribution is 2.24. The molecule has 7 heteroatoms. The van der Waals surface area contributed by atoms with Crippen LogP contribution in [0.15, 0.2) is 0 Å². The van der Waals surface area contributed by atoms with Gasteiger partial charge in [0.1, 0.15) is 0 Å². The van der Waals surface area contributed by atoms with Gasteiger partial charge in [-0.15, -0.1) is 0 Å². The van der Waals surface area contributed by atoms with Gasteiger partial charge in [-0.25, -0.2) is 16.8 Å². The minimum atomic E-state index is -3.84. The Labute approximate surface area is 130 Å². The average molecular weight is 342 g/mol. The second-order valence-electron chi connectivity index (χ2n) is 5.93. The fourth-order valence-corrected chi connectivity index (χ4v) is 5.56. The van der Waals surface area contributed by atoms with E-state index in [-0.39, 0.29) is 6.42 Å². The summed E-state index contributed by atoms with van der Waals surface area (Å²) < 4.78 is 44.5. The fraction of sp³-hybridized carbons (Fsp3) is 1.00. The Morgan fingerprint density at radius 3 is 1.38 bits per heavy atom. The minimum Gasteiger partial charge on any atom is -0.300 e. The number of hydrogen-bond donors (Lipinski definition) is 1. The van der Waals surface area contributed by atoms with Crippen molar-refractivity contribution in [3.63, 3.8) is 0 Å². The summed E-state index contributed by atoms with van der Waals surface area (Å²) in [4.78, 5) is 0. The lowest BCUT2D eigenvalue weighted by atomic mass is 10.1. The predicted octanol–water partition coefficient (Wildman–Crippen LogP) is 2.61. The van der Waals surface area contributed by atoms with Crippen LogP contribution in [0.2, 0.25) is 0 Å². The average Bonchev–Trinajstić information content (AvgIpc) is 2.33. The molecule has 0 unspecified atom stereocenters. The molecule has 0 fully saturated rings. The topological polar surface area (TPSA) is 94.3 Å². The van der Waals surface area contributed by atoms with Gasteiger partial charge in [-0.05, 0) is 12.8 Å². The molecule has 0 bridgehead atoms. The highest BCUT2D eigenvalue weighted by atomic mass is 32.3. The van der Waals surface area contributed by atoms with Crippen molar-refractivity contribution in [3.05, 3.63) is 0 Å². The lowest BCUT2D eigenvalue weighted by Crippen LogP contribution is -2.53. The van der Waals surface area contributed by atoms with Gasteiger partial charge >= 0.3 is 0 Å². The second kappa shape index (κ2) is 9.10. The summed E-state index contributed by atoms with van der Waals surface area (Å²) >= 11 is 0. The third kappa shape index (κ3) is 7.10. The van der Waals surface area contributed by atoms with E-state index in [4.69, 9.17) is 5.73 Å². The molecule has 0 aliphatic rings. The van der Waals surface area contributed by atoms with Crippen molar-refractivity contribution in [2.24, 2.45) is 5.73 Å². The van der Waals surface area contributed by atoms with Crippen molar-refractivity contribution in [2.45, 2.75) is 75.3 Å². The van der Waals surface area contributed by atoms with Gasteiger partial charge in [0.05, 0.1) is 0 Å².